The average Bonchev–Trinajstić information content (AvgIpc) is 2.69. The average molecular weight is 424 g/mol. The van der Waals surface area contributed by atoms with E-state index in [9.17, 15) is 9.90 Å². The van der Waals surface area contributed by atoms with Crippen LogP contribution in [0.25, 0.3) is 11.3 Å². The number of benzene rings is 1. The molecule has 0 atom stereocenters. The molecule has 0 aliphatic carbocycles. The van der Waals surface area contributed by atoms with Gasteiger partial charge in [0, 0.05) is 41.8 Å². The van der Waals surface area contributed by atoms with Gasteiger partial charge >= 0.3 is 0 Å². The molecule has 2 aromatic rings. The monoisotopic (exact) mass is 423 g/mol. The third-order valence-corrected chi connectivity index (χ3v) is 5.67. The topological polar surface area (TPSA) is 90.4 Å². The molecule has 31 heavy (non-hydrogen) atoms. The molecule has 1 aromatic carbocycles. The first-order chi connectivity index (χ1) is 14.5. The number of phenols is 1. The number of hydrogen-bond donors (Lipinski definition) is 3. The van der Waals surface area contributed by atoms with Gasteiger partial charge in [-0.05, 0) is 70.9 Å². The summed E-state index contributed by atoms with van der Waals surface area (Å²) in [5.41, 5.74) is 1.55. The van der Waals surface area contributed by atoms with Crippen molar-refractivity contribution in [2.45, 2.75) is 57.7 Å². The number of aromatic hydroxyl groups is 1. The van der Waals surface area contributed by atoms with Gasteiger partial charge in [0.05, 0.1) is 5.69 Å². The van der Waals surface area contributed by atoms with Gasteiger partial charge in [0.2, 0.25) is 0 Å². The van der Waals surface area contributed by atoms with Gasteiger partial charge in [-0.15, -0.1) is 16.8 Å². The van der Waals surface area contributed by atoms with E-state index in [1.54, 1.807) is 18.2 Å². The normalized spacial score (nSPS) is 17.7. The third kappa shape index (κ3) is 5.41. The lowest BCUT2D eigenvalue weighted by molar-refractivity contribution is 0.0957. The highest BCUT2D eigenvalue weighted by Crippen LogP contribution is 2.33. The number of piperidine rings is 1. The summed E-state index contributed by atoms with van der Waals surface area (Å²) >= 11 is 0. The molecule has 3 N–H and O–H groups in total. The molecular formula is C24H33N5O2. The van der Waals surface area contributed by atoms with E-state index in [0.717, 1.165) is 18.7 Å². The van der Waals surface area contributed by atoms with Crippen molar-refractivity contribution in [1.29, 1.82) is 0 Å². The van der Waals surface area contributed by atoms with Gasteiger partial charge in [-0.3, -0.25) is 4.79 Å². The Kier molecular flexibility index (Phi) is 6.36. The summed E-state index contributed by atoms with van der Waals surface area (Å²) in [6.07, 6.45) is 3.62. The molecule has 1 aliphatic rings. The first-order valence-corrected chi connectivity index (χ1v) is 10.6. The highest BCUT2D eigenvalue weighted by atomic mass is 16.3. The highest BCUT2D eigenvalue weighted by molar-refractivity contribution is 5.95. The van der Waals surface area contributed by atoms with Crippen LogP contribution in [0.4, 0.5) is 5.82 Å². The van der Waals surface area contributed by atoms with Gasteiger partial charge in [-0.25, -0.2) is 0 Å². The van der Waals surface area contributed by atoms with E-state index in [2.05, 4.69) is 67.1 Å². The summed E-state index contributed by atoms with van der Waals surface area (Å²) in [5.74, 6) is 0.517. The molecule has 1 saturated heterocycles. The first kappa shape index (κ1) is 22.7. The maximum Gasteiger partial charge on any atom is 0.251 e. The fourth-order valence-electron chi connectivity index (χ4n) is 4.54. The van der Waals surface area contributed by atoms with Crippen molar-refractivity contribution in [3.05, 3.63) is 48.6 Å². The van der Waals surface area contributed by atoms with Crippen molar-refractivity contribution < 1.29 is 9.90 Å². The number of amides is 1. The lowest BCUT2D eigenvalue weighted by atomic mass is 9.79. The Balaban J connectivity index is 1.77. The maximum absolute atomic E-state index is 12.1. The summed E-state index contributed by atoms with van der Waals surface area (Å²) in [6.45, 7) is 12.9. The molecule has 2 heterocycles. The minimum atomic E-state index is -0.266. The quantitative estimate of drug-likeness (QED) is 0.616. The number of nitrogens with one attached hydrogen (secondary N) is 2. The van der Waals surface area contributed by atoms with Crippen LogP contribution in [0.3, 0.4) is 0 Å². The van der Waals surface area contributed by atoms with Crippen LogP contribution in [0.2, 0.25) is 0 Å². The Morgan fingerprint density at radius 1 is 1.23 bits per heavy atom. The van der Waals surface area contributed by atoms with E-state index < -0.39 is 0 Å². The zero-order valence-electron chi connectivity index (χ0n) is 19.1. The van der Waals surface area contributed by atoms with Gasteiger partial charge < -0.3 is 20.6 Å². The fourth-order valence-corrected chi connectivity index (χ4v) is 4.54. The number of carbonyl (C=O) groups is 1. The smallest absolute Gasteiger partial charge is 0.251 e. The van der Waals surface area contributed by atoms with Gasteiger partial charge in [0.25, 0.3) is 5.91 Å². The molecule has 1 amide bonds. The third-order valence-electron chi connectivity index (χ3n) is 5.67. The molecule has 3 rings (SSSR count). The van der Waals surface area contributed by atoms with Crippen LogP contribution in [0.15, 0.2) is 43.0 Å². The van der Waals surface area contributed by atoms with Crippen molar-refractivity contribution in [2.24, 2.45) is 0 Å². The number of phenolic OH excluding ortho intramolecular Hbond substituents is 1. The molecule has 0 radical (unpaired) electrons. The molecule has 1 aliphatic heterocycles. The van der Waals surface area contributed by atoms with Crippen molar-refractivity contribution in [3.63, 3.8) is 0 Å². The van der Waals surface area contributed by atoms with Crippen molar-refractivity contribution in [3.8, 4) is 17.0 Å². The largest absolute Gasteiger partial charge is 0.507 e. The molecule has 7 heteroatoms. The van der Waals surface area contributed by atoms with Gasteiger partial charge in [0.1, 0.15) is 5.75 Å². The van der Waals surface area contributed by atoms with Crippen LogP contribution in [-0.4, -0.2) is 51.9 Å². The Hall–Kier alpha value is -2.93. The maximum atomic E-state index is 12.1. The summed E-state index contributed by atoms with van der Waals surface area (Å²) in [6, 6.07) is 8.90. The Labute approximate surface area is 184 Å². The molecule has 7 nitrogen and oxygen atoms in total. The second kappa shape index (κ2) is 8.67. The summed E-state index contributed by atoms with van der Waals surface area (Å²) < 4.78 is 0. The van der Waals surface area contributed by atoms with E-state index in [0.29, 0.717) is 29.4 Å². The number of aromatic nitrogens is 2. The van der Waals surface area contributed by atoms with Crippen molar-refractivity contribution in [2.75, 3.05) is 18.5 Å². The number of anilines is 1. The SMILES string of the molecule is C=CCNC(=O)c1ccc(-c2ccc(N(C)C3CC(C)(C)NC(C)(C)C3)nn2)c(O)c1. The Morgan fingerprint density at radius 3 is 2.45 bits per heavy atom. The molecule has 0 spiro atoms. The Bertz CT molecular complexity index is 937. The van der Waals surface area contributed by atoms with Gasteiger partial charge in [-0.2, -0.15) is 0 Å². The molecule has 1 fully saturated rings. The van der Waals surface area contributed by atoms with Crippen LogP contribution in [-0.2, 0) is 0 Å². The number of nitrogens with zero attached hydrogens (tertiary/aromatic N) is 3. The van der Waals surface area contributed by atoms with E-state index in [1.807, 2.05) is 12.1 Å². The standard InChI is InChI=1S/C24H33N5O2/c1-7-12-25-22(31)16-8-9-18(20(30)13-16)19-10-11-21(27-26-19)29(6)17-14-23(2,3)28-24(4,5)15-17/h7-11,13,17,28,30H,1,12,14-15H2,2-6H3,(H,25,31). The van der Waals surface area contributed by atoms with E-state index in [4.69, 9.17) is 0 Å². The Morgan fingerprint density at radius 2 is 1.90 bits per heavy atom. The van der Waals surface area contributed by atoms with Crippen LogP contribution in [0, 0.1) is 0 Å². The minimum Gasteiger partial charge on any atom is -0.507 e. The lowest BCUT2D eigenvalue weighted by Gasteiger charge is -2.49. The number of carbonyl (C=O) groups excluding carboxylic acids is 1. The van der Waals surface area contributed by atoms with Crippen LogP contribution in [0.1, 0.15) is 50.9 Å². The minimum absolute atomic E-state index is 0.0106. The van der Waals surface area contributed by atoms with Gasteiger partial charge in [-0.1, -0.05) is 6.08 Å². The van der Waals surface area contributed by atoms with Crippen LogP contribution >= 0.6 is 0 Å². The summed E-state index contributed by atoms with van der Waals surface area (Å²) in [7, 11) is 2.06. The molecule has 0 bridgehead atoms. The fraction of sp³-hybridized carbons (Fsp3) is 0.458. The summed E-state index contributed by atoms with van der Waals surface area (Å²) in [4.78, 5) is 14.2. The second-order valence-electron chi connectivity index (χ2n) is 9.57. The number of hydrogen-bond acceptors (Lipinski definition) is 6. The second-order valence-corrected chi connectivity index (χ2v) is 9.57. The number of rotatable bonds is 6. The zero-order valence-corrected chi connectivity index (χ0v) is 19.1. The van der Waals surface area contributed by atoms with Gasteiger partial charge in [0.15, 0.2) is 5.82 Å². The van der Waals surface area contributed by atoms with Crippen LogP contribution in [0.5, 0.6) is 5.75 Å². The molecule has 166 valence electrons. The summed E-state index contributed by atoms with van der Waals surface area (Å²) in [5, 5.41) is 25.6. The predicted octanol–water partition coefficient (Wildman–Crippen LogP) is 3.51. The van der Waals surface area contributed by atoms with Crippen LogP contribution < -0.4 is 15.5 Å². The van der Waals surface area contributed by atoms with E-state index in [1.165, 1.54) is 6.07 Å². The first-order valence-electron chi connectivity index (χ1n) is 10.6. The van der Waals surface area contributed by atoms with E-state index >= 15 is 0 Å². The van der Waals surface area contributed by atoms with Crippen molar-refractivity contribution in [1.82, 2.24) is 20.8 Å². The zero-order chi connectivity index (χ0) is 22.8. The molecular weight excluding hydrogens is 390 g/mol. The lowest BCUT2D eigenvalue weighted by Crippen LogP contribution is -2.62. The van der Waals surface area contributed by atoms with E-state index in [-0.39, 0.29) is 22.7 Å². The molecule has 0 saturated carbocycles. The van der Waals surface area contributed by atoms with Crippen molar-refractivity contribution >= 4 is 11.7 Å². The molecule has 0 unspecified atom stereocenters. The molecule has 1 aromatic heterocycles. The highest BCUT2D eigenvalue weighted by Gasteiger charge is 2.39. The predicted molar refractivity (Wildman–Crippen MR) is 124 cm³/mol.